The summed E-state index contributed by atoms with van der Waals surface area (Å²) in [5.74, 6) is 0.0188. The monoisotopic (exact) mass is 178 g/mol. The number of halogens is 1. The van der Waals surface area contributed by atoms with E-state index >= 15 is 0 Å². The van der Waals surface area contributed by atoms with Crippen LogP contribution in [0.5, 0.6) is 5.75 Å². The molecule has 0 radical (unpaired) electrons. The molecule has 0 aliphatic carbocycles. The lowest BCUT2D eigenvalue weighted by Crippen LogP contribution is -2.14. The van der Waals surface area contributed by atoms with E-state index in [1.165, 1.54) is 0 Å². The summed E-state index contributed by atoms with van der Waals surface area (Å²) >= 11 is 0. The van der Waals surface area contributed by atoms with Gasteiger partial charge in [-0.2, -0.15) is 0 Å². The molecule has 0 saturated heterocycles. The van der Waals surface area contributed by atoms with Gasteiger partial charge < -0.3 is 4.74 Å². The topological polar surface area (TPSA) is 26.3 Å². The second-order valence-electron chi connectivity index (χ2n) is 2.78. The number of carbonyl (C=O) groups excluding carboxylic acids is 1. The van der Waals surface area contributed by atoms with E-state index in [-0.39, 0.29) is 6.42 Å². The highest BCUT2D eigenvalue weighted by Gasteiger charge is 2.20. The predicted octanol–water partition coefficient (Wildman–Crippen LogP) is 2.31. The van der Waals surface area contributed by atoms with Crippen molar-refractivity contribution < 1.29 is 13.9 Å². The molecule has 1 heterocycles. The minimum atomic E-state index is -0.414. The van der Waals surface area contributed by atoms with Crippen LogP contribution in [-0.4, -0.2) is 5.97 Å². The van der Waals surface area contributed by atoms with Crippen molar-refractivity contribution in [2.75, 3.05) is 0 Å². The van der Waals surface area contributed by atoms with Crippen LogP contribution in [-0.2, 0) is 4.79 Å². The van der Waals surface area contributed by atoms with Crippen molar-refractivity contribution in [2.45, 2.75) is 6.42 Å². The summed E-state index contributed by atoms with van der Waals surface area (Å²) < 4.78 is 17.3. The van der Waals surface area contributed by atoms with Crippen molar-refractivity contribution in [1.82, 2.24) is 0 Å². The minimum absolute atomic E-state index is 0.00745. The van der Waals surface area contributed by atoms with Gasteiger partial charge in [0.1, 0.15) is 5.75 Å². The van der Waals surface area contributed by atoms with Crippen LogP contribution in [0.1, 0.15) is 12.0 Å². The van der Waals surface area contributed by atoms with Gasteiger partial charge in [-0.1, -0.05) is 18.2 Å². The number of para-hydroxylation sites is 1. The minimum Gasteiger partial charge on any atom is -0.426 e. The zero-order valence-corrected chi connectivity index (χ0v) is 6.79. The lowest BCUT2D eigenvalue weighted by atomic mass is 10.0. The molecule has 0 fully saturated rings. The molecule has 0 bridgehead atoms. The zero-order chi connectivity index (χ0) is 9.26. The van der Waals surface area contributed by atoms with Crippen molar-refractivity contribution in [1.29, 1.82) is 0 Å². The van der Waals surface area contributed by atoms with Crippen LogP contribution in [0.4, 0.5) is 4.39 Å². The summed E-state index contributed by atoms with van der Waals surface area (Å²) in [5, 5.41) is 0. The first-order valence-corrected chi connectivity index (χ1v) is 3.90. The Hall–Kier alpha value is -1.64. The van der Waals surface area contributed by atoms with E-state index in [2.05, 4.69) is 0 Å². The molecule has 2 nitrogen and oxygen atoms in total. The highest BCUT2D eigenvalue weighted by Crippen LogP contribution is 2.32. The number of rotatable bonds is 0. The highest BCUT2D eigenvalue weighted by molar-refractivity contribution is 5.91. The maximum Gasteiger partial charge on any atom is 0.315 e. The molecule has 0 aromatic heterocycles. The number of fused-ring (bicyclic) bond motifs is 1. The normalized spacial score (nSPS) is 18.2. The summed E-state index contributed by atoms with van der Waals surface area (Å²) in [4.78, 5) is 11.0. The Labute approximate surface area is 74.6 Å². The van der Waals surface area contributed by atoms with Crippen LogP contribution in [0.2, 0.25) is 0 Å². The third-order valence-electron chi connectivity index (χ3n) is 1.92. The Bertz CT molecular complexity index is 382. The fraction of sp³-hybridized carbons (Fsp3) is 0.100. The number of hydrogen-bond acceptors (Lipinski definition) is 2. The number of hydrogen-bond donors (Lipinski definition) is 0. The Morgan fingerprint density at radius 2 is 2.15 bits per heavy atom. The third kappa shape index (κ3) is 1.33. The van der Waals surface area contributed by atoms with Gasteiger partial charge in [-0.15, -0.1) is 0 Å². The Kier molecular flexibility index (Phi) is 1.85. The standard InChI is InChI=1S/C10H7FO2/c11-6-7-5-10(12)13-9-4-2-1-3-8(7)9/h1-4,6H,5H2. The van der Waals surface area contributed by atoms with Gasteiger partial charge in [0.05, 0.1) is 12.8 Å². The maximum atomic E-state index is 12.4. The van der Waals surface area contributed by atoms with Gasteiger partial charge in [-0.05, 0) is 6.07 Å². The summed E-state index contributed by atoms with van der Waals surface area (Å²) in [6.45, 7) is 0. The quantitative estimate of drug-likeness (QED) is 0.450. The SMILES string of the molecule is O=C1CC(=CF)c2ccccc2O1. The smallest absolute Gasteiger partial charge is 0.315 e. The van der Waals surface area contributed by atoms with Gasteiger partial charge in [0.25, 0.3) is 0 Å². The van der Waals surface area contributed by atoms with E-state index in [0.717, 1.165) is 0 Å². The van der Waals surface area contributed by atoms with Gasteiger partial charge in [-0.25, -0.2) is 4.39 Å². The molecule has 3 heteroatoms. The third-order valence-corrected chi connectivity index (χ3v) is 1.92. The van der Waals surface area contributed by atoms with Crippen LogP contribution < -0.4 is 4.74 Å². The second-order valence-corrected chi connectivity index (χ2v) is 2.78. The average Bonchev–Trinajstić information content (AvgIpc) is 2.16. The van der Waals surface area contributed by atoms with Gasteiger partial charge >= 0.3 is 5.97 Å². The van der Waals surface area contributed by atoms with Crippen LogP contribution in [0, 0.1) is 0 Å². The molecule has 1 aromatic rings. The number of benzene rings is 1. The molecule has 1 aliphatic heterocycles. The van der Waals surface area contributed by atoms with Crippen molar-refractivity contribution in [3.8, 4) is 5.75 Å². The van der Waals surface area contributed by atoms with E-state index in [0.29, 0.717) is 23.2 Å². The Balaban J connectivity index is 2.55. The van der Waals surface area contributed by atoms with Gasteiger partial charge in [-0.3, -0.25) is 4.79 Å². The van der Waals surface area contributed by atoms with E-state index in [1.807, 2.05) is 0 Å². The summed E-state index contributed by atoms with van der Waals surface area (Å²) in [5.41, 5.74) is 1.04. The van der Waals surface area contributed by atoms with E-state index in [9.17, 15) is 9.18 Å². The highest BCUT2D eigenvalue weighted by atomic mass is 19.1. The first-order chi connectivity index (χ1) is 6.31. The summed E-state index contributed by atoms with van der Waals surface area (Å²) in [6, 6.07) is 6.90. The van der Waals surface area contributed by atoms with Crippen LogP contribution in [0.3, 0.4) is 0 Å². The molecule has 1 aromatic carbocycles. The molecular weight excluding hydrogens is 171 g/mol. The number of ether oxygens (including phenoxy) is 1. The summed E-state index contributed by atoms with van der Waals surface area (Å²) in [7, 11) is 0. The molecule has 0 amide bonds. The molecule has 0 unspecified atom stereocenters. The van der Waals surface area contributed by atoms with Crippen molar-refractivity contribution in [3.63, 3.8) is 0 Å². The summed E-state index contributed by atoms with van der Waals surface area (Å²) in [6.07, 6.45) is 0.465. The molecule has 1 aliphatic rings. The fourth-order valence-electron chi connectivity index (χ4n) is 1.33. The molecule has 2 rings (SSSR count). The first-order valence-electron chi connectivity index (χ1n) is 3.90. The van der Waals surface area contributed by atoms with Crippen LogP contribution >= 0.6 is 0 Å². The van der Waals surface area contributed by atoms with Crippen molar-refractivity contribution >= 4 is 11.5 Å². The molecule has 0 saturated carbocycles. The van der Waals surface area contributed by atoms with E-state index in [1.54, 1.807) is 24.3 Å². The molecular formula is C10H7FO2. The van der Waals surface area contributed by atoms with Gasteiger partial charge in [0.15, 0.2) is 0 Å². The second kappa shape index (κ2) is 3.01. The zero-order valence-electron chi connectivity index (χ0n) is 6.79. The molecule has 66 valence electrons. The molecule has 0 atom stereocenters. The maximum absolute atomic E-state index is 12.4. The molecule has 0 N–H and O–H groups in total. The average molecular weight is 178 g/mol. The fourth-order valence-corrected chi connectivity index (χ4v) is 1.33. The van der Waals surface area contributed by atoms with Crippen molar-refractivity contribution in [2.24, 2.45) is 0 Å². The van der Waals surface area contributed by atoms with Gasteiger partial charge in [0.2, 0.25) is 0 Å². The van der Waals surface area contributed by atoms with Gasteiger partial charge in [0, 0.05) is 11.1 Å². The Morgan fingerprint density at radius 1 is 1.38 bits per heavy atom. The lowest BCUT2D eigenvalue weighted by molar-refractivity contribution is -0.133. The van der Waals surface area contributed by atoms with E-state index < -0.39 is 5.97 Å². The van der Waals surface area contributed by atoms with Crippen molar-refractivity contribution in [3.05, 3.63) is 36.2 Å². The van der Waals surface area contributed by atoms with E-state index in [4.69, 9.17) is 4.74 Å². The van der Waals surface area contributed by atoms with Crippen LogP contribution in [0.25, 0.3) is 5.57 Å². The Morgan fingerprint density at radius 3 is 2.92 bits per heavy atom. The predicted molar refractivity (Wildman–Crippen MR) is 45.8 cm³/mol. The lowest BCUT2D eigenvalue weighted by Gasteiger charge is -2.16. The number of esters is 1. The molecule has 0 spiro atoms. The van der Waals surface area contributed by atoms with Crippen LogP contribution in [0.15, 0.2) is 30.6 Å². The molecule has 13 heavy (non-hydrogen) atoms. The largest absolute Gasteiger partial charge is 0.426 e. The number of carbonyl (C=O) groups is 1. The first kappa shape index (κ1) is 7.98.